The molecule has 1 saturated carbocycles. The van der Waals surface area contributed by atoms with Gasteiger partial charge in [-0.15, -0.1) is 0 Å². The average molecular weight is 649 g/mol. The number of carbonyl (C=O) groups excluding carboxylic acids is 3. The third-order valence-corrected chi connectivity index (χ3v) is 8.98. The van der Waals surface area contributed by atoms with E-state index in [1.54, 1.807) is 31.2 Å². The molecular formula is C37H37FN6O4. The molecule has 0 spiro atoms. The van der Waals surface area contributed by atoms with Gasteiger partial charge in [-0.1, -0.05) is 6.07 Å². The second-order valence-corrected chi connectivity index (χ2v) is 12.1. The number of rotatable bonds is 10. The molecule has 2 heterocycles. The van der Waals surface area contributed by atoms with Crippen LogP contribution >= 0.6 is 0 Å². The van der Waals surface area contributed by atoms with E-state index in [1.165, 1.54) is 24.3 Å². The smallest absolute Gasteiger partial charge is 0.240 e. The predicted molar refractivity (Wildman–Crippen MR) is 183 cm³/mol. The molecule has 2 N–H and O–H groups in total. The monoisotopic (exact) mass is 648 g/mol. The van der Waals surface area contributed by atoms with Gasteiger partial charge >= 0.3 is 0 Å². The fourth-order valence-electron chi connectivity index (χ4n) is 5.90. The third-order valence-electron chi connectivity index (χ3n) is 8.98. The molecule has 0 atom stereocenters. The van der Waals surface area contributed by atoms with E-state index in [4.69, 9.17) is 4.74 Å². The molecule has 1 aromatic heterocycles. The van der Waals surface area contributed by atoms with E-state index < -0.39 is 23.0 Å². The Morgan fingerprint density at radius 1 is 0.958 bits per heavy atom. The van der Waals surface area contributed by atoms with E-state index >= 15 is 0 Å². The summed E-state index contributed by atoms with van der Waals surface area (Å²) >= 11 is 0. The highest BCUT2D eigenvalue weighted by Crippen LogP contribution is 2.47. The van der Waals surface area contributed by atoms with Crippen molar-refractivity contribution in [1.29, 1.82) is 0 Å². The molecule has 3 aromatic carbocycles. The topological polar surface area (TPSA) is 118 Å². The van der Waals surface area contributed by atoms with Crippen LogP contribution in [-0.2, 0) is 14.4 Å². The summed E-state index contributed by atoms with van der Waals surface area (Å²) in [4.78, 5) is 43.8. The Hall–Kier alpha value is -5.58. The van der Waals surface area contributed by atoms with Gasteiger partial charge in [0.05, 0.1) is 17.9 Å². The number of anilines is 2. The fourth-order valence-corrected chi connectivity index (χ4v) is 5.90. The Morgan fingerprint density at radius 3 is 2.15 bits per heavy atom. The molecule has 1 aliphatic carbocycles. The van der Waals surface area contributed by atoms with Gasteiger partial charge in [0.15, 0.2) is 0 Å². The SMILES string of the molecule is C=Nc1cc(-c2cnn(C3CCN(C(C)=O)CC3)c2)ccc1/C(=C\C)Oc1ccc(NC(=O)C2(C(=O)Nc3ccc(F)cc3)CC2)cc1. The maximum Gasteiger partial charge on any atom is 0.240 e. The Kier molecular flexibility index (Phi) is 9.20. The van der Waals surface area contributed by atoms with Gasteiger partial charge in [0, 0.05) is 48.7 Å². The molecule has 1 aliphatic heterocycles. The number of aromatic nitrogens is 2. The van der Waals surface area contributed by atoms with Gasteiger partial charge in [0.2, 0.25) is 17.7 Å². The Bertz CT molecular complexity index is 1870. The van der Waals surface area contributed by atoms with Crippen molar-refractivity contribution in [3.8, 4) is 16.9 Å². The number of nitrogens with zero attached hydrogens (tertiary/aromatic N) is 4. The second kappa shape index (κ2) is 13.6. The number of ether oxygens (including phenoxy) is 1. The maximum atomic E-state index is 13.2. The number of allylic oxidation sites excluding steroid dienone is 1. The van der Waals surface area contributed by atoms with Crippen molar-refractivity contribution in [1.82, 2.24) is 14.7 Å². The van der Waals surface area contributed by atoms with E-state index in [-0.39, 0.29) is 11.9 Å². The first-order valence-electron chi connectivity index (χ1n) is 15.9. The second-order valence-electron chi connectivity index (χ2n) is 12.1. The first-order chi connectivity index (χ1) is 23.2. The number of halogens is 1. The van der Waals surface area contributed by atoms with Crippen LogP contribution in [0.1, 0.15) is 51.1 Å². The van der Waals surface area contributed by atoms with Gasteiger partial charge in [0.1, 0.15) is 22.7 Å². The number of likely N-dealkylation sites (tertiary alicyclic amines) is 1. The Labute approximate surface area is 278 Å². The van der Waals surface area contributed by atoms with Crippen molar-refractivity contribution in [2.24, 2.45) is 10.4 Å². The van der Waals surface area contributed by atoms with Crippen LogP contribution in [0.15, 0.2) is 90.2 Å². The molecule has 0 bridgehead atoms. The minimum absolute atomic E-state index is 0.111. The summed E-state index contributed by atoms with van der Waals surface area (Å²) in [5.74, 6) is 0.0321. The van der Waals surface area contributed by atoms with E-state index in [0.717, 1.165) is 42.6 Å². The van der Waals surface area contributed by atoms with Crippen LogP contribution in [0.25, 0.3) is 16.9 Å². The van der Waals surface area contributed by atoms with Crippen molar-refractivity contribution in [2.75, 3.05) is 23.7 Å². The minimum atomic E-state index is -1.16. The number of hydrogen-bond acceptors (Lipinski definition) is 6. The summed E-state index contributed by atoms with van der Waals surface area (Å²) < 4.78 is 21.4. The quantitative estimate of drug-likeness (QED) is 0.109. The van der Waals surface area contributed by atoms with Crippen molar-refractivity contribution in [3.63, 3.8) is 0 Å². The van der Waals surface area contributed by atoms with E-state index in [1.807, 2.05) is 53.2 Å². The molecule has 6 rings (SSSR count). The first kappa shape index (κ1) is 32.4. The summed E-state index contributed by atoms with van der Waals surface area (Å²) in [6, 6.07) is 18.5. The molecule has 2 fully saturated rings. The largest absolute Gasteiger partial charge is 0.457 e. The number of piperidine rings is 1. The molecule has 4 aromatic rings. The molecule has 48 heavy (non-hydrogen) atoms. The van der Waals surface area contributed by atoms with Crippen LogP contribution in [0.4, 0.5) is 21.5 Å². The summed E-state index contributed by atoms with van der Waals surface area (Å²) in [5.41, 5.74) is 3.13. The van der Waals surface area contributed by atoms with Gasteiger partial charge < -0.3 is 20.3 Å². The summed E-state index contributed by atoms with van der Waals surface area (Å²) in [5, 5.41) is 10.2. The van der Waals surface area contributed by atoms with Gasteiger partial charge in [-0.25, -0.2) is 4.39 Å². The molecular weight excluding hydrogens is 611 g/mol. The van der Waals surface area contributed by atoms with Crippen LogP contribution in [0, 0.1) is 11.2 Å². The van der Waals surface area contributed by atoms with Crippen molar-refractivity contribution in [2.45, 2.75) is 45.6 Å². The number of nitrogens with one attached hydrogen (secondary N) is 2. The van der Waals surface area contributed by atoms with Gasteiger partial charge in [-0.05, 0) is 112 Å². The standard InChI is InChI=1S/C37H37FN6O4/c1-4-34(32-14-5-25(21-33(32)39-3)26-22-40-44(23-26)30-15-19-43(20-16-30)24(2)45)48-31-12-10-29(11-13-31)42-36(47)37(17-18-37)35(46)41-28-8-6-27(38)7-9-28/h4-14,21-23,30H,3,15-20H2,1-2H3,(H,41,46)(H,42,47)/b34-4+. The van der Waals surface area contributed by atoms with Gasteiger partial charge in [-0.2, -0.15) is 5.10 Å². The zero-order valence-corrected chi connectivity index (χ0v) is 26.9. The Morgan fingerprint density at radius 2 is 1.58 bits per heavy atom. The van der Waals surface area contributed by atoms with Crippen LogP contribution in [0.2, 0.25) is 0 Å². The normalized spacial score (nSPS) is 15.8. The molecule has 0 unspecified atom stereocenters. The van der Waals surface area contributed by atoms with E-state index in [2.05, 4.69) is 27.4 Å². The highest BCUT2D eigenvalue weighted by molar-refractivity contribution is 6.16. The van der Waals surface area contributed by atoms with Crippen LogP contribution in [0.5, 0.6) is 5.75 Å². The minimum Gasteiger partial charge on any atom is -0.457 e. The van der Waals surface area contributed by atoms with Gasteiger partial charge in [0.25, 0.3) is 0 Å². The molecule has 246 valence electrons. The van der Waals surface area contributed by atoms with Crippen LogP contribution in [0.3, 0.4) is 0 Å². The summed E-state index contributed by atoms with van der Waals surface area (Å²) in [7, 11) is 0. The fraction of sp³-hybridized carbons (Fsp3) is 0.270. The average Bonchev–Trinajstić information content (AvgIpc) is 3.78. The lowest BCUT2D eigenvalue weighted by atomic mass is 10.0. The maximum absolute atomic E-state index is 13.2. The number of aliphatic imine (C=N–C) groups is 1. The van der Waals surface area contributed by atoms with Gasteiger partial charge in [-0.3, -0.25) is 24.1 Å². The first-order valence-corrected chi connectivity index (χ1v) is 15.9. The lowest BCUT2D eigenvalue weighted by molar-refractivity contribution is -0.131. The molecule has 11 heteroatoms. The highest BCUT2D eigenvalue weighted by Gasteiger charge is 2.56. The van der Waals surface area contributed by atoms with Crippen molar-refractivity contribution >= 4 is 47.3 Å². The Balaban J connectivity index is 1.08. The molecule has 1 saturated heterocycles. The number of carbonyl (C=O) groups is 3. The molecule has 2 aliphatic rings. The van der Waals surface area contributed by atoms with E-state index in [9.17, 15) is 18.8 Å². The molecule has 0 radical (unpaired) electrons. The van der Waals surface area contributed by atoms with Crippen LogP contribution < -0.4 is 15.4 Å². The number of hydrogen-bond donors (Lipinski definition) is 2. The summed E-state index contributed by atoms with van der Waals surface area (Å²) in [6.45, 7) is 8.73. The lowest BCUT2D eigenvalue weighted by Gasteiger charge is -2.31. The zero-order chi connectivity index (χ0) is 33.8. The van der Waals surface area contributed by atoms with E-state index in [0.29, 0.717) is 41.4 Å². The number of benzene rings is 3. The van der Waals surface area contributed by atoms with Crippen molar-refractivity contribution in [3.05, 3.63) is 96.6 Å². The summed E-state index contributed by atoms with van der Waals surface area (Å²) in [6.07, 6.45) is 8.32. The zero-order valence-electron chi connectivity index (χ0n) is 26.9. The predicted octanol–water partition coefficient (Wildman–Crippen LogP) is 7.00. The third kappa shape index (κ3) is 6.90. The highest BCUT2D eigenvalue weighted by atomic mass is 19.1. The van der Waals surface area contributed by atoms with Crippen LogP contribution in [-0.4, -0.2) is 52.2 Å². The van der Waals surface area contributed by atoms with Crippen molar-refractivity contribution < 1.29 is 23.5 Å². The molecule has 3 amide bonds. The lowest BCUT2D eigenvalue weighted by Crippen LogP contribution is -2.37. The molecule has 10 nitrogen and oxygen atoms in total. The number of amides is 3.